The maximum Gasteiger partial charge on any atom is 0.472 e. The number of amides is 1. The van der Waals surface area contributed by atoms with Crippen molar-refractivity contribution in [3.8, 4) is 0 Å². The van der Waals surface area contributed by atoms with Crippen LogP contribution in [0.15, 0.2) is 0 Å². The molecule has 0 aliphatic heterocycles. The molecule has 0 spiro atoms. The van der Waals surface area contributed by atoms with E-state index in [1.807, 2.05) is 0 Å². The summed E-state index contributed by atoms with van der Waals surface area (Å²) in [7, 11) is -4.42. The fourth-order valence-corrected chi connectivity index (χ4v) is 9.67. The molecule has 0 saturated carbocycles. The molecule has 0 saturated heterocycles. The quantitative estimate of drug-likeness (QED) is 0.0312. The van der Waals surface area contributed by atoms with Gasteiger partial charge in [0.2, 0.25) is 5.91 Å². The largest absolute Gasteiger partial charge is 0.472 e. The summed E-state index contributed by atoms with van der Waals surface area (Å²) in [6.45, 7) is 3.65. The number of unbranched alkanes of at least 4 members (excludes halogenated alkanes) is 43. The van der Waals surface area contributed by atoms with E-state index in [4.69, 9.17) is 13.8 Å². The van der Waals surface area contributed by atoms with E-state index in [9.17, 15) is 24.2 Å². The maximum absolute atomic E-state index is 12.2. The van der Waals surface area contributed by atoms with Gasteiger partial charge in [-0.3, -0.25) is 18.6 Å². The predicted octanol–water partition coefficient (Wildman–Crippen LogP) is 17.5. The Morgan fingerprint density at radius 3 is 0.985 bits per heavy atom. The Morgan fingerprint density at radius 1 is 0.409 bits per heavy atom. The number of nitrogens with one attached hydrogen (secondary N) is 1. The summed E-state index contributed by atoms with van der Waals surface area (Å²) in [5.74, 6) is -0.494. The van der Waals surface area contributed by atoms with Crippen LogP contribution in [0.1, 0.15) is 316 Å². The minimum atomic E-state index is -4.42. The van der Waals surface area contributed by atoms with Gasteiger partial charge in [-0.15, -0.1) is 0 Å². The molecule has 0 aromatic heterocycles. The fourth-order valence-electron chi connectivity index (χ4n) is 8.92. The molecule has 2 atom stereocenters. The van der Waals surface area contributed by atoms with E-state index in [1.54, 1.807) is 0 Å². The number of carbonyl (C=O) groups excluding carboxylic acids is 2. The molecule has 0 bridgehead atoms. The second kappa shape index (κ2) is 53.4. The number of hydrogen-bond acceptors (Lipinski definition) is 7. The van der Waals surface area contributed by atoms with Crippen molar-refractivity contribution < 1.29 is 37.9 Å². The summed E-state index contributed by atoms with van der Waals surface area (Å²) in [5, 5.41) is 12.8. The second-order valence-corrected chi connectivity index (χ2v) is 21.4. The molecular formula is C56H112NO8P. The Balaban J connectivity index is 3.46. The van der Waals surface area contributed by atoms with Crippen molar-refractivity contribution >= 4 is 19.7 Å². The monoisotopic (exact) mass is 958 g/mol. The summed E-state index contributed by atoms with van der Waals surface area (Å²) >= 11 is 0. The first-order valence-electron chi connectivity index (χ1n) is 29.0. The van der Waals surface area contributed by atoms with Crippen molar-refractivity contribution in [2.45, 2.75) is 322 Å². The molecule has 1 amide bonds. The summed E-state index contributed by atoms with van der Waals surface area (Å²) in [5.41, 5.74) is 0. The molecule has 0 aromatic carbocycles. The molecule has 2 unspecified atom stereocenters. The molecule has 66 heavy (non-hydrogen) atoms. The minimum Gasteiger partial charge on any atom is -0.463 e. The van der Waals surface area contributed by atoms with Crippen LogP contribution in [-0.4, -0.2) is 54.3 Å². The lowest BCUT2D eigenvalue weighted by Crippen LogP contribution is -2.27. The predicted molar refractivity (Wildman–Crippen MR) is 280 cm³/mol. The van der Waals surface area contributed by atoms with Crippen LogP contribution >= 0.6 is 7.82 Å². The zero-order valence-corrected chi connectivity index (χ0v) is 44.8. The van der Waals surface area contributed by atoms with E-state index in [-0.39, 0.29) is 25.7 Å². The summed E-state index contributed by atoms with van der Waals surface area (Å²) in [6.07, 6.45) is 59.2. The molecular weight excluding hydrogens is 846 g/mol. The van der Waals surface area contributed by atoms with Crippen LogP contribution in [-0.2, 0) is 27.9 Å². The standard InChI is InChI=1S/C56H112NO8P/c1-3-5-7-9-11-13-15-17-19-21-23-25-26-27-29-31-33-35-37-39-41-43-45-47-49-56(60)63-52-54(58)53-65-66(61,62)64-51-50-57-55(59)48-46-44-42-40-38-36-34-32-30-28-24-22-20-18-16-14-12-10-8-6-4-2/h54,58H,3-53H2,1-2H3,(H,57,59)(H,61,62). The highest BCUT2D eigenvalue weighted by Gasteiger charge is 2.23. The molecule has 0 aliphatic rings. The molecule has 9 nitrogen and oxygen atoms in total. The smallest absolute Gasteiger partial charge is 0.463 e. The van der Waals surface area contributed by atoms with E-state index >= 15 is 0 Å². The lowest BCUT2D eigenvalue weighted by molar-refractivity contribution is -0.147. The van der Waals surface area contributed by atoms with Crippen LogP contribution in [0.5, 0.6) is 0 Å². The van der Waals surface area contributed by atoms with E-state index in [2.05, 4.69) is 19.2 Å². The number of rotatable bonds is 56. The average Bonchev–Trinajstić information content (AvgIpc) is 3.31. The number of aliphatic hydroxyl groups excluding tert-OH is 1. The number of phosphoric acid groups is 1. The summed E-state index contributed by atoms with van der Waals surface area (Å²) in [4.78, 5) is 34.2. The normalized spacial score (nSPS) is 13.0. The first kappa shape index (κ1) is 65.0. The molecule has 0 heterocycles. The van der Waals surface area contributed by atoms with Gasteiger partial charge in [-0.1, -0.05) is 290 Å². The van der Waals surface area contributed by atoms with Crippen LogP contribution in [0.25, 0.3) is 0 Å². The average molecular weight is 958 g/mol. The third-order valence-electron chi connectivity index (χ3n) is 13.3. The van der Waals surface area contributed by atoms with Crippen LogP contribution in [0, 0.1) is 0 Å². The van der Waals surface area contributed by atoms with Gasteiger partial charge in [-0.2, -0.15) is 0 Å². The van der Waals surface area contributed by atoms with Gasteiger partial charge in [0, 0.05) is 19.4 Å². The van der Waals surface area contributed by atoms with E-state index < -0.39 is 26.5 Å². The van der Waals surface area contributed by atoms with Crippen LogP contribution in [0.4, 0.5) is 0 Å². The van der Waals surface area contributed by atoms with Crippen molar-refractivity contribution in [2.75, 3.05) is 26.4 Å². The van der Waals surface area contributed by atoms with Gasteiger partial charge < -0.3 is 20.1 Å². The zero-order valence-electron chi connectivity index (χ0n) is 43.9. The first-order valence-corrected chi connectivity index (χ1v) is 30.5. The number of aliphatic hydroxyl groups is 1. The second-order valence-electron chi connectivity index (χ2n) is 20.0. The van der Waals surface area contributed by atoms with E-state index in [1.165, 1.54) is 250 Å². The van der Waals surface area contributed by atoms with Crippen LogP contribution < -0.4 is 5.32 Å². The van der Waals surface area contributed by atoms with Gasteiger partial charge in [0.25, 0.3) is 0 Å². The Hall–Kier alpha value is -0.990. The highest BCUT2D eigenvalue weighted by Crippen LogP contribution is 2.43. The summed E-state index contributed by atoms with van der Waals surface area (Å²) < 4.78 is 27.1. The van der Waals surface area contributed by atoms with Crippen molar-refractivity contribution in [3.63, 3.8) is 0 Å². The van der Waals surface area contributed by atoms with Crippen molar-refractivity contribution in [1.29, 1.82) is 0 Å². The molecule has 0 fully saturated rings. The maximum atomic E-state index is 12.2. The van der Waals surface area contributed by atoms with Gasteiger partial charge in [-0.05, 0) is 12.8 Å². The Kier molecular flexibility index (Phi) is 52.6. The summed E-state index contributed by atoms with van der Waals surface area (Å²) in [6, 6.07) is 0. The van der Waals surface area contributed by atoms with Gasteiger partial charge in [0.05, 0.1) is 13.2 Å². The van der Waals surface area contributed by atoms with Crippen LogP contribution in [0.2, 0.25) is 0 Å². The molecule has 0 aromatic rings. The zero-order chi connectivity index (χ0) is 48.1. The van der Waals surface area contributed by atoms with Crippen LogP contribution in [0.3, 0.4) is 0 Å². The lowest BCUT2D eigenvalue weighted by Gasteiger charge is -2.15. The molecule has 10 heteroatoms. The first-order chi connectivity index (χ1) is 32.3. The third kappa shape index (κ3) is 54.0. The SMILES string of the molecule is CCCCCCCCCCCCCCCCCCCCCCCCCCC(=O)OCC(O)COP(=O)(O)OCCNC(=O)CCCCCCCCCCCCCCCCCCCCCCC. The lowest BCUT2D eigenvalue weighted by atomic mass is 10.0. The number of hydrogen-bond donors (Lipinski definition) is 3. The number of ether oxygens (including phenoxy) is 1. The Morgan fingerprint density at radius 2 is 0.682 bits per heavy atom. The Bertz CT molecular complexity index is 1050. The van der Waals surface area contributed by atoms with Crippen molar-refractivity contribution in [1.82, 2.24) is 5.32 Å². The van der Waals surface area contributed by atoms with Crippen molar-refractivity contribution in [2.24, 2.45) is 0 Å². The highest BCUT2D eigenvalue weighted by atomic mass is 31.2. The fraction of sp³-hybridized carbons (Fsp3) is 0.964. The highest BCUT2D eigenvalue weighted by molar-refractivity contribution is 7.47. The van der Waals surface area contributed by atoms with Gasteiger partial charge >= 0.3 is 13.8 Å². The molecule has 0 aliphatic carbocycles. The number of esters is 1. The molecule has 0 rings (SSSR count). The van der Waals surface area contributed by atoms with Gasteiger partial charge in [0.1, 0.15) is 12.7 Å². The third-order valence-corrected chi connectivity index (χ3v) is 14.3. The molecule has 394 valence electrons. The topological polar surface area (TPSA) is 131 Å². The molecule has 0 radical (unpaired) electrons. The van der Waals surface area contributed by atoms with E-state index in [0.717, 1.165) is 38.5 Å². The van der Waals surface area contributed by atoms with Gasteiger partial charge in [-0.25, -0.2) is 4.57 Å². The number of carbonyl (C=O) groups is 2. The van der Waals surface area contributed by atoms with Gasteiger partial charge in [0.15, 0.2) is 0 Å². The minimum absolute atomic E-state index is 0.0891. The Labute approximate surface area is 409 Å². The van der Waals surface area contributed by atoms with E-state index in [0.29, 0.717) is 12.8 Å². The van der Waals surface area contributed by atoms with Crippen molar-refractivity contribution in [3.05, 3.63) is 0 Å². The molecule has 3 N–H and O–H groups in total. The number of phosphoric ester groups is 1.